The summed E-state index contributed by atoms with van der Waals surface area (Å²) in [4.78, 5) is 41.4. The summed E-state index contributed by atoms with van der Waals surface area (Å²) >= 11 is 0. The van der Waals surface area contributed by atoms with Crippen molar-refractivity contribution >= 4 is 29.8 Å². The van der Waals surface area contributed by atoms with Crippen molar-refractivity contribution in [1.29, 1.82) is 5.41 Å². The van der Waals surface area contributed by atoms with E-state index in [1.807, 2.05) is 0 Å². The molecule has 0 saturated carbocycles. The molecule has 0 bridgehead atoms. The summed E-state index contributed by atoms with van der Waals surface area (Å²) in [6, 6.07) is 0. The number of carboxylic acids is 4. The van der Waals surface area contributed by atoms with Gasteiger partial charge in [-0.05, 0) is 0 Å². The zero-order chi connectivity index (χ0) is 19.0. The number of nitrogens with two attached hydrogens (primary N) is 1. The molecule has 0 amide bonds. The molecule has 132 valence electrons. The van der Waals surface area contributed by atoms with Gasteiger partial charge in [0.1, 0.15) is 18.2 Å². The summed E-state index contributed by atoms with van der Waals surface area (Å²) in [5.41, 5.74) is 1.53. The van der Waals surface area contributed by atoms with E-state index in [4.69, 9.17) is 31.6 Å². The predicted octanol–water partition coefficient (Wildman–Crippen LogP) is -12.0. The fourth-order valence-electron chi connectivity index (χ4n) is 0.994. The van der Waals surface area contributed by atoms with Gasteiger partial charge >= 0.3 is 115 Å². The van der Waals surface area contributed by atoms with Crippen molar-refractivity contribution in [2.45, 2.75) is 18.1 Å². The predicted molar refractivity (Wildman–Crippen MR) is 65.4 cm³/mol. The normalized spacial score (nSPS) is 12.4. The largest absolute Gasteiger partial charge is 1.00 e. The van der Waals surface area contributed by atoms with Crippen LogP contribution >= 0.6 is 0 Å². The van der Waals surface area contributed by atoms with E-state index in [-0.39, 0.29) is 115 Å². The Morgan fingerprint density at radius 3 is 1.72 bits per heavy atom. The number of rotatable bonds is 7. The molecule has 0 saturated heterocycles. The number of carbonyl (C=O) groups excluding carboxylic acids is 2. The maximum absolute atomic E-state index is 10.2. The number of hydrogen-bond donors (Lipinski definition) is 6. The molecule has 0 fully saturated rings. The Morgan fingerprint density at radius 1 is 1.16 bits per heavy atom. The van der Waals surface area contributed by atoms with Gasteiger partial charge in [0.25, 0.3) is 0 Å². The van der Waals surface area contributed by atoms with Crippen LogP contribution in [0.25, 0.3) is 0 Å². The summed E-state index contributed by atoms with van der Waals surface area (Å²) < 4.78 is 0. The van der Waals surface area contributed by atoms with Crippen LogP contribution in [0.15, 0.2) is 0 Å². The standard InChI is InChI=1S/C6H8O8.C4H9N3O2.2K/c7-2(8)1-6(14,5(12)13)3(9)4(10)11;1-7(4(5)6)2-3(8)9;;/h3,9,14H,1H2,(H,7,8)(H,10,11)(H,12,13);2H2,1H3,(H3,5,6)(H,8,9);;/q;;2*+1/p-2. The molecule has 0 radical (unpaired) electrons. The van der Waals surface area contributed by atoms with Crippen molar-refractivity contribution < 1.29 is 153 Å². The molecule has 0 aromatic heterocycles. The minimum absolute atomic E-state index is 0. The zero-order valence-electron chi connectivity index (χ0n) is 13.8. The van der Waals surface area contributed by atoms with Gasteiger partial charge in [0, 0.05) is 7.05 Å². The fourth-order valence-corrected chi connectivity index (χ4v) is 0.994. The summed E-state index contributed by atoms with van der Waals surface area (Å²) in [5, 5.41) is 60.9. The summed E-state index contributed by atoms with van der Waals surface area (Å²) in [6.07, 6.45) is -4.38. The average molecular weight is 415 g/mol. The van der Waals surface area contributed by atoms with Gasteiger partial charge in [-0.1, -0.05) is 0 Å². The van der Waals surface area contributed by atoms with E-state index in [2.05, 4.69) is 0 Å². The van der Waals surface area contributed by atoms with Crippen LogP contribution < -0.4 is 119 Å². The Labute approximate surface area is 226 Å². The van der Waals surface area contributed by atoms with Crippen molar-refractivity contribution in [3.63, 3.8) is 0 Å². The van der Waals surface area contributed by atoms with E-state index in [0.29, 0.717) is 0 Å². The van der Waals surface area contributed by atoms with Crippen LogP contribution in [0.4, 0.5) is 0 Å². The Hall–Kier alpha value is 0.343. The summed E-state index contributed by atoms with van der Waals surface area (Å²) in [5.74, 6) is -7.75. The van der Waals surface area contributed by atoms with Crippen LogP contribution in [0.1, 0.15) is 6.42 Å². The quantitative estimate of drug-likeness (QED) is 0.129. The minimum Gasteiger partial charge on any atom is -0.547 e. The second-order valence-corrected chi connectivity index (χ2v) is 4.14. The second kappa shape index (κ2) is 15.4. The maximum atomic E-state index is 10.2. The monoisotopic (exact) mass is 415 g/mol. The molecule has 2 atom stereocenters. The number of likely N-dealkylation sites (N-methyl/N-ethyl adjacent to an activating group) is 1. The molecule has 7 N–H and O–H groups in total. The summed E-state index contributed by atoms with van der Waals surface area (Å²) in [7, 11) is 1.44. The molecule has 0 spiro atoms. The molecule has 13 nitrogen and oxygen atoms in total. The van der Waals surface area contributed by atoms with E-state index < -0.39 is 42.0 Å². The smallest absolute Gasteiger partial charge is 0.547 e. The number of aliphatic hydroxyl groups excluding tert-OH is 1. The van der Waals surface area contributed by atoms with Crippen LogP contribution in [0, 0.1) is 5.41 Å². The molecule has 25 heavy (non-hydrogen) atoms. The van der Waals surface area contributed by atoms with Crippen LogP contribution in [-0.4, -0.2) is 80.5 Å². The number of aliphatic carboxylic acids is 4. The Balaban J connectivity index is -0.000000177. The molecular formula is C10H15K2N3O10. The number of hydrogen-bond acceptors (Lipinski definition) is 9. The summed E-state index contributed by atoms with van der Waals surface area (Å²) in [6.45, 7) is -0.227. The number of nitrogens with zero attached hydrogens (tertiary/aromatic N) is 1. The molecule has 0 aromatic carbocycles. The Kier molecular flexibility index (Phi) is 20.3. The van der Waals surface area contributed by atoms with Crippen molar-refractivity contribution in [2.24, 2.45) is 5.73 Å². The molecule has 15 heteroatoms. The van der Waals surface area contributed by atoms with Crippen LogP contribution in [0.2, 0.25) is 0 Å². The van der Waals surface area contributed by atoms with Gasteiger partial charge in [-0.3, -0.25) is 15.0 Å². The molecule has 0 aliphatic heterocycles. The third-order valence-electron chi connectivity index (χ3n) is 2.23. The van der Waals surface area contributed by atoms with Gasteiger partial charge in [-0.15, -0.1) is 0 Å². The second-order valence-electron chi connectivity index (χ2n) is 4.14. The molecule has 2 unspecified atom stereocenters. The van der Waals surface area contributed by atoms with Crippen LogP contribution in [-0.2, 0) is 19.2 Å². The number of carboxylic acid groups (broad SMARTS) is 4. The topological polar surface area (TPSA) is 248 Å². The van der Waals surface area contributed by atoms with E-state index in [1.54, 1.807) is 0 Å². The molecule has 0 aromatic rings. The van der Waals surface area contributed by atoms with Crippen molar-refractivity contribution in [1.82, 2.24) is 4.90 Å². The SMILES string of the molecule is CN(CC(=O)O)C(=N)N.O=C(O)CC(O)(C(=O)[O-])C(O)C(=O)[O-].[K+].[K+]. The Bertz CT molecular complexity index is 503. The molecule has 0 aliphatic carbocycles. The van der Waals surface area contributed by atoms with Gasteiger partial charge in [-0.25, -0.2) is 0 Å². The van der Waals surface area contributed by atoms with Gasteiger partial charge in [-0.2, -0.15) is 0 Å². The number of nitrogens with one attached hydrogen (secondary N) is 1. The van der Waals surface area contributed by atoms with E-state index >= 15 is 0 Å². The van der Waals surface area contributed by atoms with E-state index in [9.17, 15) is 29.4 Å². The molecular weight excluding hydrogens is 400 g/mol. The average Bonchev–Trinajstić information content (AvgIpc) is 2.36. The third-order valence-corrected chi connectivity index (χ3v) is 2.23. The first kappa shape index (κ1) is 33.0. The van der Waals surface area contributed by atoms with Gasteiger partial charge < -0.3 is 50.9 Å². The maximum Gasteiger partial charge on any atom is 1.00 e. The molecule has 0 rings (SSSR count). The van der Waals surface area contributed by atoms with Crippen molar-refractivity contribution in [3.05, 3.63) is 0 Å². The first-order chi connectivity index (χ1) is 10.3. The Morgan fingerprint density at radius 2 is 1.56 bits per heavy atom. The van der Waals surface area contributed by atoms with Gasteiger partial charge in [0.05, 0.1) is 18.4 Å². The number of carbonyl (C=O) groups is 4. The number of guanidine groups is 1. The molecule has 0 heterocycles. The van der Waals surface area contributed by atoms with Gasteiger partial charge in [0.15, 0.2) is 5.96 Å². The van der Waals surface area contributed by atoms with Crippen LogP contribution in [0.3, 0.4) is 0 Å². The molecule has 0 aliphatic rings. The minimum atomic E-state index is -3.40. The van der Waals surface area contributed by atoms with E-state index in [1.165, 1.54) is 7.05 Å². The van der Waals surface area contributed by atoms with E-state index in [0.717, 1.165) is 4.90 Å². The number of aliphatic hydroxyl groups is 2. The first-order valence-corrected chi connectivity index (χ1v) is 5.57. The van der Waals surface area contributed by atoms with Crippen molar-refractivity contribution in [2.75, 3.05) is 13.6 Å². The zero-order valence-corrected chi connectivity index (χ0v) is 20.0. The third kappa shape index (κ3) is 14.1. The van der Waals surface area contributed by atoms with Gasteiger partial charge in [0.2, 0.25) is 0 Å². The first-order valence-electron chi connectivity index (χ1n) is 5.57. The van der Waals surface area contributed by atoms with Crippen molar-refractivity contribution in [3.8, 4) is 0 Å². The van der Waals surface area contributed by atoms with Crippen LogP contribution in [0.5, 0.6) is 0 Å². The fraction of sp³-hybridized carbons (Fsp3) is 0.500.